The van der Waals surface area contributed by atoms with Gasteiger partial charge in [-0.15, -0.1) is 0 Å². The minimum Gasteiger partial charge on any atom is -0.388 e. The van der Waals surface area contributed by atoms with E-state index in [2.05, 4.69) is 6.92 Å². The normalized spacial score (nSPS) is 31.4. The van der Waals surface area contributed by atoms with Crippen LogP contribution in [0.5, 0.6) is 0 Å². The molecule has 7 rings (SSSR count). The fourth-order valence-corrected chi connectivity index (χ4v) is 8.60. The van der Waals surface area contributed by atoms with Gasteiger partial charge in [0.1, 0.15) is 29.5 Å². The Labute approximate surface area is 348 Å². The molecule has 3 heterocycles. The van der Waals surface area contributed by atoms with E-state index < -0.39 is 53.9 Å². The quantitative estimate of drug-likeness (QED) is 0.100. The van der Waals surface area contributed by atoms with Crippen LogP contribution in [0, 0.1) is 5.92 Å². The van der Waals surface area contributed by atoms with Crippen LogP contribution in [-0.4, -0.2) is 89.2 Å². The highest BCUT2D eigenvalue weighted by Gasteiger charge is 2.60. The number of ketones is 1. The Bertz CT molecular complexity index is 1870. The molecule has 0 spiro atoms. The third-order valence-corrected chi connectivity index (χ3v) is 12.3. The van der Waals surface area contributed by atoms with Crippen LogP contribution in [0.2, 0.25) is 0 Å². The predicted octanol–water partition coefficient (Wildman–Crippen LogP) is 7.16. The molecule has 11 atom stereocenters. The maximum Gasteiger partial charge on any atom is 0.167 e. The summed E-state index contributed by atoms with van der Waals surface area (Å²) in [5.74, 6) is -0.169. The number of hydrogen-bond donors (Lipinski definition) is 2. The molecular weight excluding hydrogens is 749 g/mol. The van der Waals surface area contributed by atoms with Crippen molar-refractivity contribution in [1.82, 2.24) is 0 Å². The van der Waals surface area contributed by atoms with Crippen molar-refractivity contribution in [3.8, 4) is 0 Å². The van der Waals surface area contributed by atoms with Gasteiger partial charge >= 0.3 is 0 Å². The molecule has 10 heteroatoms. The molecule has 10 nitrogen and oxygen atoms in total. The van der Waals surface area contributed by atoms with E-state index in [-0.39, 0.29) is 37.3 Å². The summed E-state index contributed by atoms with van der Waals surface area (Å²) in [6.45, 7) is 7.96. The first-order chi connectivity index (χ1) is 28.6. The highest BCUT2D eigenvalue weighted by Crippen LogP contribution is 2.45. The summed E-state index contributed by atoms with van der Waals surface area (Å²) in [6.07, 6.45) is -4.89. The first kappa shape index (κ1) is 43.3. The van der Waals surface area contributed by atoms with Crippen LogP contribution in [0.3, 0.4) is 0 Å². The standard InChI is InChI=1S/C49H60O10/c1-34(24-25-53-29-35-16-8-4-9-17-35)46-40(56-32-38-22-14-7-15-23-38)27-44-49(3,59-46)47(52)45(51)41(57-44)28-48(2)43(50)26-39(55-31-37-20-12-6-13-21-37)42(58-48)33-54-30-36-18-10-5-11-19-36/h4-23,34,39-42,44-47,51-52H,24-33H2,1-3H3/t34-,39-,40+,41+,42+,44-,45+,46-,47-,48-,49-/m0/s1. The van der Waals surface area contributed by atoms with Crippen LogP contribution < -0.4 is 0 Å². The number of hydrogen-bond acceptors (Lipinski definition) is 10. The number of aliphatic hydroxyl groups excluding tert-OH is 2. The van der Waals surface area contributed by atoms with E-state index in [9.17, 15) is 15.0 Å². The van der Waals surface area contributed by atoms with Crippen LogP contribution in [0.4, 0.5) is 0 Å². The number of ether oxygens (including phenoxy) is 7. The van der Waals surface area contributed by atoms with Gasteiger partial charge in [0.05, 0.1) is 63.6 Å². The lowest BCUT2D eigenvalue weighted by atomic mass is 9.74. The number of benzene rings is 4. The first-order valence-electron chi connectivity index (χ1n) is 21.1. The zero-order valence-electron chi connectivity index (χ0n) is 34.5. The molecule has 0 unspecified atom stereocenters. The highest BCUT2D eigenvalue weighted by molar-refractivity contribution is 5.88. The molecule has 3 aliphatic heterocycles. The lowest BCUT2D eigenvalue weighted by Gasteiger charge is -2.57. The van der Waals surface area contributed by atoms with Crippen molar-refractivity contribution in [3.63, 3.8) is 0 Å². The Morgan fingerprint density at radius 1 is 0.678 bits per heavy atom. The molecule has 0 radical (unpaired) electrons. The lowest BCUT2D eigenvalue weighted by molar-refractivity contribution is -0.337. The fourth-order valence-electron chi connectivity index (χ4n) is 8.60. The molecule has 3 aliphatic rings. The van der Waals surface area contributed by atoms with Gasteiger partial charge in [-0.05, 0) is 48.4 Å². The Hall–Kier alpha value is -3.81. The topological polar surface area (TPSA) is 122 Å². The number of fused-ring (bicyclic) bond motifs is 1. The molecule has 0 bridgehead atoms. The van der Waals surface area contributed by atoms with Crippen LogP contribution in [0.1, 0.15) is 68.7 Å². The van der Waals surface area contributed by atoms with Crippen LogP contribution in [0.25, 0.3) is 0 Å². The van der Waals surface area contributed by atoms with Crippen LogP contribution >= 0.6 is 0 Å². The molecule has 4 aromatic carbocycles. The molecule has 3 fully saturated rings. The summed E-state index contributed by atoms with van der Waals surface area (Å²) in [7, 11) is 0. The highest BCUT2D eigenvalue weighted by atomic mass is 16.6. The predicted molar refractivity (Wildman–Crippen MR) is 222 cm³/mol. The van der Waals surface area contributed by atoms with Crippen molar-refractivity contribution in [2.45, 2.75) is 133 Å². The molecule has 3 saturated heterocycles. The van der Waals surface area contributed by atoms with Crippen molar-refractivity contribution >= 4 is 5.78 Å². The average molecular weight is 809 g/mol. The molecule has 0 saturated carbocycles. The summed E-state index contributed by atoms with van der Waals surface area (Å²) < 4.78 is 45.4. The first-order valence-corrected chi connectivity index (χ1v) is 21.1. The molecule has 0 amide bonds. The fraction of sp³-hybridized carbons (Fsp3) is 0.490. The van der Waals surface area contributed by atoms with Gasteiger partial charge in [0.2, 0.25) is 0 Å². The third kappa shape index (κ3) is 10.9. The second-order valence-corrected chi connectivity index (χ2v) is 16.8. The Morgan fingerprint density at radius 3 is 1.75 bits per heavy atom. The summed E-state index contributed by atoms with van der Waals surface area (Å²) in [4.78, 5) is 14.1. The second kappa shape index (κ2) is 20.2. The lowest BCUT2D eigenvalue weighted by Crippen LogP contribution is -2.71. The minimum atomic E-state index is -1.35. The summed E-state index contributed by atoms with van der Waals surface area (Å²) in [5.41, 5.74) is 1.56. The van der Waals surface area contributed by atoms with E-state index in [0.29, 0.717) is 45.9 Å². The second-order valence-electron chi connectivity index (χ2n) is 16.8. The summed E-state index contributed by atoms with van der Waals surface area (Å²) in [5, 5.41) is 23.7. The summed E-state index contributed by atoms with van der Waals surface area (Å²) >= 11 is 0. The molecule has 59 heavy (non-hydrogen) atoms. The Balaban J connectivity index is 1.04. The smallest absolute Gasteiger partial charge is 0.167 e. The summed E-state index contributed by atoms with van der Waals surface area (Å²) in [6, 6.07) is 39.7. The van der Waals surface area contributed by atoms with Gasteiger partial charge in [-0.1, -0.05) is 128 Å². The number of rotatable bonds is 18. The zero-order valence-corrected chi connectivity index (χ0v) is 34.5. The van der Waals surface area contributed by atoms with Crippen molar-refractivity contribution < 1.29 is 48.2 Å². The van der Waals surface area contributed by atoms with E-state index in [4.69, 9.17) is 33.2 Å². The van der Waals surface area contributed by atoms with Gasteiger partial charge in [-0.3, -0.25) is 4.79 Å². The van der Waals surface area contributed by atoms with Gasteiger partial charge in [-0.25, -0.2) is 0 Å². The molecule has 2 N–H and O–H groups in total. The van der Waals surface area contributed by atoms with E-state index in [1.807, 2.05) is 121 Å². The van der Waals surface area contributed by atoms with E-state index in [1.54, 1.807) is 13.8 Å². The van der Waals surface area contributed by atoms with Crippen molar-refractivity contribution in [2.75, 3.05) is 13.2 Å². The number of Topliss-reactive ketones (excluding diaryl/α,β-unsaturated/α-hetero) is 1. The number of carbonyl (C=O) groups is 1. The molecule has 4 aromatic rings. The maximum atomic E-state index is 14.1. The maximum absolute atomic E-state index is 14.1. The molecule has 0 aromatic heterocycles. The van der Waals surface area contributed by atoms with Crippen LogP contribution in [-0.2, 0) is 64.4 Å². The van der Waals surface area contributed by atoms with E-state index >= 15 is 0 Å². The van der Waals surface area contributed by atoms with Gasteiger partial charge in [0, 0.05) is 25.9 Å². The number of carbonyl (C=O) groups excluding carboxylic acids is 1. The van der Waals surface area contributed by atoms with Gasteiger partial charge in [0.15, 0.2) is 5.78 Å². The largest absolute Gasteiger partial charge is 0.388 e. The van der Waals surface area contributed by atoms with Crippen molar-refractivity contribution in [3.05, 3.63) is 144 Å². The minimum absolute atomic E-state index is 0.00309. The Morgan fingerprint density at radius 2 is 1.19 bits per heavy atom. The van der Waals surface area contributed by atoms with Gasteiger partial charge in [-0.2, -0.15) is 0 Å². The zero-order chi connectivity index (χ0) is 41.2. The molecule has 316 valence electrons. The van der Waals surface area contributed by atoms with Crippen molar-refractivity contribution in [1.29, 1.82) is 0 Å². The van der Waals surface area contributed by atoms with Crippen molar-refractivity contribution in [2.24, 2.45) is 5.92 Å². The Kier molecular flexibility index (Phi) is 14.8. The van der Waals surface area contributed by atoms with E-state index in [1.165, 1.54) is 0 Å². The third-order valence-electron chi connectivity index (χ3n) is 12.3. The SMILES string of the molecule is C[C@@H](CCOCc1ccccc1)[C@@H]1O[C@@]2(C)[C@H](C[C@H]1OCc1ccccc1)O[C@H](C[C@]1(C)O[C@H](COCc3ccccc3)[C@@H](OCc3ccccc3)CC1=O)[C@@H](O)[C@@H]2O. The molecular formula is C49H60O10. The average Bonchev–Trinajstić information content (AvgIpc) is 3.26. The van der Waals surface area contributed by atoms with Gasteiger partial charge in [0.25, 0.3) is 0 Å². The van der Waals surface area contributed by atoms with E-state index in [0.717, 1.165) is 22.3 Å². The van der Waals surface area contributed by atoms with Crippen LogP contribution in [0.15, 0.2) is 121 Å². The monoisotopic (exact) mass is 808 g/mol. The van der Waals surface area contributed by atoms with Gasteiger partial charge < -0.3 is 43.4 Å². The number of aliphatic hydroxyl groups is 2. The molecule has 0 aliphatic carbocycles.